The molecule has 4 aromatic rings. The van der Waals surface area contributed by atoms with E-state index in [2.05, 4.69) is 4.98 Å². The van der Waals surface area contributed by atoms with Gasteiger partial charge in [-0.2, -0.15) is 4.98 Å². The van der Waals surface area contributed by atoms with Crippen molar-refractivity contribution in [3.05, 3.63) is 98.3 Å². The first-order valence-corrected chi connectivity index (χ1v) is 10.3. The molecule has 8 nitrogen and oxygen atoms in total. The summed E-state index contributed by atoms with van der Waals surface area (Å²) in [5.74, 6) is -3.24. The number of carbonyl (C=O) groups is 1. The summed E-state index contributed by atoms with van der Waals surface area (Å²) < 4.78 is 46.6. The Morgan fingerprint density at radius 3 is 2.56 bits per heavy atom. The summed E-state index contributed by atoms with van der Waals surface area (Å²) in [6.07, 6.45) is 1.25. The summed E-state index contributed by atoms with van der Waals surface area (Å²) in [5, 5.41) is -0.147. The lowest BCUT2D eigenvalue weighted by atomic mass is 9.86. The highest BCUT2D eigenvalue weighted by molar-refractivity contribution is 6.12. The maximum atomic E-state index is 14.9. The third kappa shape index (κ3) is 3.31. The molecule has 10 heteroatoms. The van der Waals surface area contributed by atoms with Crippen molar-refractivity contribution in [3.63, 3.8) is 0 Å². The topological polar surface area (TPSA) is 113 Å². The van der Waals surface area contributed by atoms with Crippen LogP contribution in [0.1, 0.15) is 29.7 Å². The Hall–Kier alpha value is -4.47. The average Bonchev–Trinajstić information content (AvgIpc) is 3.34. The molecule has 5 rings (SSSR count). The molecule has 3 heterocycles. The summed E-state index contributed by atoms with van der Waals surface area (Å²) in [6, 6.07) is 11.3. The summed E-state index contributed by atoms with van der Waals surface area (Å²) in [6.45, 7) is 1.62. The van der Waals surface area contributed by atoms with Gasteiger partial charge in [0.25, 0.3) is 6.01 Å². The number of esters is 1. The number of nitrogens with two attached hydrogens (primary N) is 1. The van der Waals surface area contributed by atoms with Crippen molar-refractivity contribution in [2.24, 2.45) is 0 Å². The van der Waals surface area contributed by atoms with Crippen molar-refractivity contribution < 1.29 is 27.1 Å². The van der Waals surface area contributed by atoms with E-state index in [4.69, 9.17) is 19.3 Å². The maximum Gasteiger partial charge on any atom is 0.362 e. The molecule has 2 aromatic carbocycles. The lowest BCUT2D eigenvalue weighted by Crippen LogP contribution is -2.37. The van der Waals surface area contributed by atoms with Gasteiger partial charge in [-0.1, -0.05) is 36.4 Å². The molecule has 0 fully saturated rings. The second-order valence-electron chi connectivity index (χ2n) is 7.41. The first kappa shape index (κ1) is 21.4. The Bertz CT molecular complexity index is 1620. The standard InChI is InChI=1S/C24H17F2N3O5/c1-2-32-23(31)18-17(13-8-4-6-10-15(13)26)19-21(34-24(27)28-19)29-16(22(30)33-20(18)29)11-12-7-3-5-9-14(12)25/h3-11,17H,2H2,1H3,(H2,27,28)/b16-11+. The summed E-state index contributed by atoms with van der Waals surface area (Å²) >= 11 is 0. The van der Waals surface area contributed by atoms with Crippen LogP contribution in [0.3, 0.4) is 0 Å². The van der Waals surface area contributed by atoms with Crippen molar-refractivity contribution in [3.8, 4) is 5.88 Å². The van der Waals surface area contributed by atoms with Crippen molar-refractivity contribution >= 4 is 23.6 Å². The van der Waals surface area contributed by atoms with Gasteiger partial charge in [-0.25, -0.2) is 22.9 Å². The predicted octanol–water partition coefficient (Wildman–Crippen LogP) is 1.97. The first-order valence-electron chi connectivity index (χ1n) is 10.3. The zero-order chi connectivity index (χ0) is 24.0. The van der Waals surface area contributed by atoms with Gasteiger partial charge in [0.05, 0.1) is 12.5 Å². The summed E-state index contributed by atoms with van der Waals surface area (Å²) in [4.78, 5) is 30.2. The number of nitrogen functional groups attached to an aromatic ring is 1. The number of anilines is 1. The van der Waals surface area contributed by atoms with Crippen LogP contribution in [-0.2, 0) is 9.53 Å². The van der Waals surface area contributed by atoms with Crippen LogP contribution in [-0.4, -0.2) is 22.1 Å². The number of oxazole rings is 2. The number of aromatic nitrogens is 2. The van der Waals surface area contributed by atoms with Crippen molar-refractivity contribution in [2.75, 3.05) is 12.3 Å². The molecule has 172 valence electrons. The van der Waals surface area contributed by atoms with Crippen molar-refractivity contribution in [1.82, 2.24) is 9.55 Å². The zero-order valence-electron chi connectivity index (χ0n) is 17.7. The number of benzene rings is 2. The van der Waals surface area contributed by atoms with Crippen LogP contribution in [0.4, 0.5) is 14.8 Å². The van der Waals surface area contributed by atoms with E-state index in [0.29, 0.717) is 0 Å². The highest BCUT2D eigenvalue weighted by Crippen LogP contribution is 2.39. The molecular weight excluding hydrogens is 448 g/mol. The molecule has 1 aliphatic heterocycles. The number of ether oxygens (including phenoxy) is 1. The third-order valence-electron chi connectivity index (χ3n) is 5.40. The number of nitrogens with zero attached hydrogens (tertiary/aromatic N) is 2. The fraction of sp³-hybridized carbons (Fsp3) is 0.125. The zero-order valence-corrected chi connectivity index (χ0v) is 17.7. The van der Waals surface area contributed by atoms with Gasteiger partial charge < -0.3 is 19.3 Å². The molecule has 0 spiro atoms. The summed E-state index contributed by atoms with van der Waals surface area (Å²) in [7, 11) is 0. The van der Waals surface area contributed by atoms with Gasteiger partial charge in [0.2, 0.25) is 11.4 Å². The second-order valence-corrected chi connectivity index (χ2v) is 7.41. The Morgan fingerprint density at radius 1 is 1.15 bits per heavy atom. The van der Waals surface area contributed by atoms with Crippen LogP contribution in [0.15, 0.2) is 62.2 Å². The van der Waals surface area contributed by atoms with Gasteiger partial charge >= 0.3 is 11.6 Å². The van der Waals surface area contributed by atoms with Gasteiger partial charge in [-0.3, -0.25) is 0 Å². The average molecular weight is 465 g/mol. The molecule has 1 unspecified atom stereocenters. The predicted molar refractivity (Wildman–Crippen MR) is 116 cm³/mol. The summed E-state index contributed by atoms with van der Waals surface area (Å²) in [5.41, 5.74) is 4.77. The minimum atomic E-state index is -1.14. The lowest BCUT2D eigenvalue weighted by molar-refractivity contribution is -0.136. The highest BCUT2D eigenvalue weighted by Gasteiger charge is 2.40. The Kier molecular flexibility index (Phi) is 5.12. The van der Waals surface area contributed by atoms with Crippen LogP contribution in [0.25, 0.3) is 17.5 Å². The fourth-order valence-electron chi connectivity index (χ4n) is 4.00. The maximum absolute atomic E-state index is 14.9. The van der Waals surface area contributed by atoms with Crippen molar-refractivity contribution in [2.45, 2.75) is 12.8 Å². The lowest BCUT2D eigenvalue weighted by Gasteiger charge is -2.22. The largest absolute Gasteiger partial charge is 0.462 e. The minimum Gasteiger partial charge on any atom is -0.462 e. The van der Waals surface area contributed by atoms with E-state index >= 15 is 0 Å². The molecule has 1 atom stereocenters. The molecule has 0 aliphatic carbocycles. The van der Waals surface area contributed by atoms with Crippen LogP contribution in [0.2, 0.25) is 0 Å². The quantitative estimate of drug-likeness (QED) is 0.459. The van der Waals surface area contributed by atoms with E-state index in [9.17, 15) is 18.4 Å². The van der Waals surface area contributed by atoms with E-state index in [1.807, 2.05) is 0 Å². The first-order chi connectivity index (χ1) is 16.4. The Balaban J connectivity index is 1.94. The van der Waals surface area contributed by atoms with Crippen LogP contribution >= 0.6 is 0 Å². The van der Waals surface area contributed by atoms with Gasteiger partial charge in [0, 0.05) is 11.1 Å². The van der Waals surface area contributed by atoms with E-state index < -0.39 is 29.1 Å². The Labute approximate surface area is 190 Å². The second kappa shape index (κ2) is 8.14. The van der Waals surface area contributed by atoms with E-state index in [0.717, 1.165) is 0 Å². The molecule has 2 N–H and O–H groups in total. The van der Waals surface area contributed by atoms with Crippen LogP contribution in [0.5, 0.6) is 0 Å². The molecule has 0 radical (unpaired) electrons. The SMILES string of the molecule is CCOC(=O)C1=c2oc(=O)/c(=C\c3ccccc3F)n2-c2oc(N)nc2C1c1ccccc1F. The number of hydrogen-bond donors (Lipinski definition) is 1. The van der Waals surface area contributed by atoms with Gasteiger partial charge in [0.15, 0.2) is 0 Å². The molecule has 0 bridgehead atoms. The van der Waals surface area contributed by atoms with Gasteiger partial charge in [-0.15, -0.1) is 0 Å². The van der Waals surface area contributed by atoms with Crippen LogP contribution in [0, 0.1) is 11.6 Å². The molecule has 1 aliphatic rings. The molecule has 0 saturated heterocycles. The molecule has 2 aromatic heterocycles. The fourth-order valence-corrected chi connectivity index (χ4v) is 4.00. The normalized spacial score (nSPS) is 15.2. The smallest absolute Gasteiger partial charge is 0.362 e. The molecule has 34 heavy (non-hydrogen) atoms. The molecule has 0 saturated carbocycles. The number of halogens is 2. The van der Waals surface area contributed by atoms with E-state index in [1.165, 1.54) is 47.0 Å². The van der Waals surface area contributed by atoms with E-state index in [-0.39, 0.29) is 51.8 Å². The van der Waals surface area contributed by atoms with Crippen molar-refractivity contribution in [1.29, 1.82) is 0 Å². The number of fused-ring (bicyclic) bond motifs is 3. The number of hydrogen-bond acceptors (Lipinski definition) is 7. The van der Waals surface area contributed by atoms with E-state index in [1.54, 1.807) is 19.1 Å². The molecular formula is C24H17F2N3O5. The number of carbonyl (C=O) groups excluding carboxylic acids is 1. The van der Waals surface area contributed by atoms with Gasteiger partial charge in [0.1, 0.15) is 28.3 Å². The minimum absolute atomic E-state index is 0.0132. The van der Waals surface area contributed by atoms with Crippen LogP contribution < -0.4 is 22.3 Å². The monoisotopic (exact) mass is 465 g/mol. The third-order valence-corrected chi connectivity index (χ3v) is 5.40. The Morgan fingerprint density at radius 2 is 1.85 bits per heavy atom. The van der Waals surface area contributed by atoms with Gasteiger partial charge in [-0.05, 0) is 25.1 Å². The molecule has 0 amide bonds. The highest BCUT2D eigenvalue weighted by atomic mass is 19.1. The number of rotatable bonds is 4.